The molecule has 0 spiro atoms. The highest BCUT2D eigenvalue weighted by Gasteiger charge is 2.13. The Hall–Kier alpha value is -1.11. The number of primary sulfonamides is 1. The fraction of sp³-hybridized carbons (Fsp3) is 0.500. The van der Waals surface area contributed by atoms with E-state index in [0.717, 1.165) is 25.2 Å². The summed E-state index contributed by atoms with van der Waals surface area (Å²) in [5, 5.41) is 11.7. The van der Waals surface area contributed by atoms with Crippen LogP contribution in [0, 0.1) is 0 Å². The van der Waals surface area contributed by atoms with Crippen LogP contribution in [0.25, 0.3) is 0 Å². The predicted molar refractivity (Wildman–Crippen MR) is 71.9 cm³/mol. The Morgan fingerprint density at radius 3 is 2.61 bits per heavy atom. The molecule has 6 heteroatoms. The van der Waals surface area contributed by atoms with E-state index in [9.17, 15) is 8.42 Å². The van der Waals surface area contributed by atoms with Crippen LogP contribution in [-0.2, 0) is 10.0 Å². The summed E-state index contributed by atoms with van der Waals surface area (Å²) < 4.78 is 22.2. The number of hydrogen-bond donors (Lipinski definition) is 3. The van der Waals surface area contributed by atoms with Gasteiger partial charge in [0, 0.05) is 18.3 Å². The van der Waals surface area contributed by atoms with Gasteiger partial charge in [-0.2, -0.15) is 0 Å². The van der Waals surface area contributed by atoms with Gasteiger partial charge in [-0.25, -0.2) is 13.6 Å². The van der Waals surface area contributed by atoms with Crippen molar-refractivity contribution in [2.24, 2.45) is 5.14 Å². The Kier molecular flexibility index (Phi) is 4.21. The molecule has 0 radical (unpaired) electrons. The minimum absolute atomic E-state index is 0.144. The minimum atomic E-state index is -3.59. The van der Waals surface area contributed by atoms with Crippen LogP contribution < -0.4 is 15.8 Å². The number of sulfonamides is 1. The summed E-state index contributed by atoms with van der Waals surface area (Å²) in [4.78, 5) is 0.144. The maximum Gasteiger partial charge on any atom is 0.238 e. The lowest BCUT2D eigenvalue weighted by atomic mass is 10.1. The lowest BCUT2D eigenvalue weighted by molar-refractivity contribution is 0.574. The van der Waals surface area contributed by atoms with Crippen LogP contribution in [0.5, 0.6) is 0 Å². The molecule has 1 aliphatic heterocycles. The molecule has 100 valence electrons. The smallest absolute Gasteiger partial charge is 0.238 e. The molecule has 0 aliphatic carbocycles. The van der Waals surface area contributed by atoms with E-state index in [1.165, 1.54) is 25.0 Å². The number of hydrogen-bond acceptors (Lipinski definition) is 4. The van der Waals surface area contributed by atoms with Crippen LogP contribution in [0.2, 0.25) is 0 Å². The first-order chi connectivity index (χ1) is 8.55. The van der Waals surface area contributed by atoms with Crippen molar-refractivity contribution in [1.82, 2.24) is 5.32 Å². The van der Waals surface area contributed by atoms with Gasteiger partial charge in [0.1, 0.15) is 0 Å². The molecular formula is C12H19N3O2S. The summed E-state index contributed by atoms with van der Waals surface area (Å²) in [6, 6.07) is 7.13. The second-order valence-electron chi connectivity index (χ2n) is 4.58. The molecule has 1 atom stereocenters. The normalized spacial score (nSPS) is 19.9. The Morgan fingerprint density at radius 2 is 2.06 bits per heavy atom. The van der Waals surface area contributed by atoms with Crippen molar-refractivity contribution >= 4 is 15.7 Å². The summed E-state index contributed by atoms with van der Waals surface area (Å²) in [5.74, 6) is 0. The topological polar surface area (TPSA) is 84.2 Å². The summed E-state index contributed by atoms with van der Waals surface area (Å²) in [5.41, 5.74) is 0.917. The quantitative estimate of drug-likeness (QED) is 0.741. The number of nitrogens with one attached hydrogen (secondary N) is 2. The molecule has 0 saturated carbocycles. The number of anilines is 1. The first-order valence-corrected chi connectivity index (χ1v) is 7.70. The van der Waals surface area contributed by atoms with E-state index in [1.54, 1.807) is 12.1 Å². The lowest BCUT2D eigenvalue weighted by Crippen LogP contribution is -2.24. The number of nitrogens with two attached hydrogens (primary N) is 1. The molecule has 1 aromatic rings. The van der Waals surface area contributed by atoms with Gasteiger partial charge < -0.3 is 10.6 Å². The molecule has 0 bridgehead atoms. The summed E-state index contributed by atoms with van der Waals surface area (Å²) in [6.07, 6.45) is 3.58. The second-order valence-corrected chi connectivity index (χ2v) is 6.14. The fourth-order valence-electron chi connectivity index (χ4n) is 2.16. The highest BCUT2D eigenvalue weighted by molar-refractivity contribution is 7.89. The molecule has 1 aromatic carbocycles. The molecular weight excluding hydrogens is 250 g/mol. The highest BCUT2D eigenvalue weighted by Crippen LogP contribution is 2.14. The third-order valence-electron chi connectivity index (χ3n) is 3.17. The van der Waals surface area contributed by atoms with Crippen molar-refractivity contribution in [3.8, 4) is 0 Å². The maximum atomic E-state index is 11.1. The third kappa shape index (κ3) is 3.69. The molecule has 5 nitrogen and oxygen atoms in total. The fourth-order valence-corrected chi connectivity index (χ4v) is 2.67. The maximum absolute atomic E-state index is 11.1. The third-order valence-corrected chi connectivity index (χ3v) is 4.10. The van der Waals surface area contributed by atoms with Gasteiger partial charge in [-0.05, 0) is 50.1 Å². The molecule has 0 aromatic heterocycles. The van der Waals surface area contributed by atoms with Crippen molar-refractivity contribution < 1.29 is 8.42 Å². The van der Waals surface area contributed by atoms with Gasteiger partial charge in [0.15, 0.2) is 0 Å². The molecule has 0 unspecified atom stereocenters. The van der Waals surface area contributed by atoms with Crippen LogP contribution in [0.3, 0.4) is 0 Å². The van der Waals surface area contributed by atoms with Gasteiger partial charge in [0.2, 0.25) is 10.0 Å². The Balaban J connectivity index is 1.83. The number of benzene rings is 1. The zero-order valence-electron chi connectivity index (χ0n) is 10.2. The van der Waals surface area contributed by atoms with Crippen molar-refractivity contribution in [2.75, 3.05) is 18.4 Å². The predicted octanol–water partition coefficient (Wildman–Crippen LogP) is 0.888. The molecule has 1 aliphatic rings. The van der Waals surface area contributed by atoms with Crippen molar-refractivity contribution in [3.63, 3.8) is 0 Å². The average molecular weight is 269 g/mol. The SMILES string of the molecule is NS(=O)(=O)c1ccc(NCC[C@H]2CCCN2)cc1. The summed E-state index contributed by atoms with van der Waals surface area (Å²) in [6.45, 7) is 2.00. The average Bonchev–Trinajstić information content (AvgIpc) is 2.82. The molecule has 4 N–H and O–H groups in total. The molecule has 1 heterocycles. The monoisotopic (exact) mass is 269 g/mol. The van der Waals surface area contributed by atoms with E-state index >= 15 is 0 Å². The van der Waals surface area contributed by atoms with E-state index in [2.05, 4.69) is 10.6 Å². The van der Waals surface area contributed by atoms with Crippen LogP contribution in [0.1, 0.15) is 19.3 Å². The summed E-state index contributed by atoms with van der Waals surface area (Å²) in [7, 11) is -3.59. The van der Waals surface area contributed by atoms with Crippen molar-refractivity contribution in [1.29, 1.82) is 0 Å². The Labute approximate surface area is 108 Å². The van der Waals surface area contributed by atoms with Crippen LogP contribution in [0.4, 0.5) is 5.69 Å². The van der Waals surface area contributed by atoms with Crippen LogP contribution in [-0.4, -0.2) is 27.5 Å². The minimum Gasteiger partial charge on any atom is -0.385 e. The van der Waals surface area contributed by atoms with Gasteiger partial charge in [0.05, 0.1) is 4.90 Å². The zero-order chi connectivity index (χ0) is 13.0. The number of rotatable bonds is 5. The molecule has 2 rings (SSSR count). The van der Waals surface area contributed by atoms with Gasteiger partial charge in [-0.3, -0.25) is 0 Å². The van der Waals surface area contributed by atoms with E-state index in [4.69, 9.17) is 5.14 Å². The van der Waals surface area contributed by atoms with E-state index in [-0.39, 0.29) is 4.90 Å². The first kappa shape index (κ1) is 13.3. The van der Waals surface area contributed by atoms with Gasteiger partial charge in [-0.15, -0.1) is 0 Å². The zero-order valence-corrected chi connectivity index (χ0v) is 11.0. The Bertz CT molecular complexity index is 479. The van der Waals surface area contributed by atoms with Gasteiger partial charge in [0.25, 0.3) is 0 Å². The standard InChI is InChI=1S/C12H19N3O2S/c13-18(16,17)12-5-3-11(4-6-12)15-9-7-10-2-1-8-14-10/h3-6,10,14-15H,1-2,7-9H2,(H2,13,16,17)/t10-/m1/s1. The van der Waals surface area contributed by atoms with Gasteiger partial charge >= 0.3 is 0 Å². The highest BCUT2D eigenvalue weighted by atomic mass is 32.2. The largest absolute Gasteiger partial charge is 0.385 e. The van der Waals surface area contributed by atoms with E-state index < -0.39 is 10.0 Å². The summed E-state index contributed by atoms with van der Waals surface area (Å²) >= 11 is 0. The Morgan fingerprint density at radius 1 is 1.33 bits per heavy atom. The molecule has 1 saturated heterocycles. The lowest BCUT2D eigenvalue weighted by Gasteiger charge is -2.11. The van der Waals surface area contributed by atoms with Crippen LogP contribution in [0.15, 0.2) is 29.2 Å². The van der Waals surface area contributed by atoms with E-state index in [1.807, 2.05) is 0 Å². The van der Waals surface area contributed by atoms with Crippen molar-refractivity contribution in [2.45, 2.75) is 30.2 Å². The van der Waals surface area contributed by atoms with Crippen molar-refractivity contribution in [3.05, 3.63) is 24.3 Å². The molecule has 0 amide bonds. The second kappa shape index (κ2) is 5.69. The first-order valence-electron chi connectivity index (χ1n) is 6.16. The van der Waals surface area contributed by atoms with Crippen LogP contribution >= 0.6 is 0 Å². The molecule has 1 fully saturated rings. The molecule has 18 heavy (non-hydrogen) atoms. The van der Waals surface area contributed by atoms with E-state index in [0.29, 0.717) is 6.04 Å². The van der Waals surface area contributed by atoms with Gasteiger partial charge in [-0.1, -0.05) is 0 Å².